The number of nitrogens with one attached hydrogen (secondary N) is 1. The van der Waals surface area contributed by atoms with Crippen molar-refractivity contribution in [2.24, 2.45) is 4.99 Å². The number of rotatable bonds is 3. The minimum Gasteiger partial charge on any atom is -0.355 e. The second-order valence-electron chi connectivity index (χ2n) is 5.98. The van der Waals surface area contributed by atoms with Crippen LogP contribution < -0.4 is 5.32 Å². The van der Waals surface area contributed by atoms with Crippen LogP contribution in [0.3, 0.4) is 0 Å². The number of hydrogen-bond acceptors (Lipinski definition) is 5. The predicted octanol–water partition coefficient (Wildman–Crippen LogP) is 3.97. The zero-order valence-corrected chi connectivity index (χ0v) is 13.9. The smallest absolute Gasteiger partial charge is 0.151 e. The molecule has 0 aromatic carbocycles. The third-order valence-corrected chi connectivity index (χ3v) is 4.15. The zero-order chi connectivity index (χ0) is 17.4. The highest BCUT2D eigenvalue weighted by Crippen LogP contribution is 2.29. The van der Waals surface area contributed by atoms with Crippen LogP contribution in [0.25, 0.3) is 11.4 Å². The van der Waals surface area contributed by atoms with Crippen LogP contribution in [-0.4, -0.2) is 21.2 Å². The van der Waals surface area contributed by atoms with Gasteiger partial charge in [0.25, 0.3) is 0 Å². The average molecular weight is 333 g/mol. The number of aromatic nitrogens is 3. The summed E-state index contributed by atoms with van der Waals surface area (Å²) in [6, 6.07) is 6.80. The second-order valence-corrected chi connectivity index (χ2v) is 5.98. The summed E-state index contributed by atoms with van der Waals surface area (Å²) in [4.78, 5) is 17.2. The summed E-state index contributed by atoms with van der Waals surface area (Å²) in [6.07, 6.45) is 5.24. The normalized spacial score (nSPS) is 12.3. The van der Waals surface area contributed by atoms with Crippen molar-refractivity contribution < 1.29 is 4.39 Å². The molecule has 0 spiro atoms. The molecule has 25 heavy (non-hydrogen) atoms. The van der Waals surface area contributed by atoms with Gasteiger partial charge in [-0.15, -0.1) is 0 Å². The molecule has 0 atom stereocenters. The molecule has 5 nitrogen and oxygen atoms in total. The fourth-order valence-electron chi connectivity index (χ4n) is 2.78. The Labute approximate surface area is 144 Å². The maximum absolute atomic E-state index is 14.1. The van der Waals surface area contributed by atoms with E-state index in [1.165, 1.54) is 6.07 Å². The first-order chi connectivity index (χ1) is 12.1. The summed E-state index contributed by atoms with van der Waals surface area (Å²) in [7, 11) is 0. The molecule has 0 fully saturated rings. The Bertz CT molecular complexity index is 997. The number of halogens is 1. The SMILES string of the molecule is Cc1ccc(F)c(-c2cc(Nc3ccnc4c3CN=C4)c(C)cn2)n1. The molecule has 1 aliphatic heterocycles. The molecule has 4 rings (SSSR count). The lowest BCUT2D eigenvalue weighted by molar-refractivity contribution is 0.624. The maximum Gasteiger partial charge on any atom is 0.151 e. The molecular weight excluding hydrogens is 317 g/mol. The Morgan fingerprint density at radius 1 is 1.08 bits per heavy atom. The summed E-state index contributed by atoms with van der Waals surface area (Å²) in [5, 5.41) is 3.41. The molecule has 4 heterocycles. The average Bonchev–Trinajstić information content (AvgIpc) is 3.09. The molecule has 0 saturated carbocycles. The van der Waals surface area contributed by atoms with Crippen molar-refractivity contribution in [3.8, 4) is 11.4 Å². The van der Waals surface area contributed by atoms with Crippen LogP contribution in [0.1, 0.15) is 22.5 Å². The minimum atomic E-state index is -0.383. The van der Waals surface area contributed by atoms with Gasteiger partial charge in [-0.2, -0.15) is 0 Å². The van der Waals surface area contributed by atoms with Crippen molar-refractivity contribution >= 4 is 17.6 Å². The molecule has 6 heteroatoms. The number of fused-ring (bicyclic) bond motifs is 1. The Morgan fingerprint density at radius 3 is 2.84 bits per heavy atom. The fraction of sp³-hybridized carbons (Fsp3) is 0.158. The predicted molar refractivity (Wildman–Crippen MR) is 95.7 cm³/mol. The summed E-state index contributed by atoms with van der Waals surface area (Å²) in [6.45, 7) is 4.39. The van der Waals surface area contributed by atoms with Gasteiger partial charge >= 0.3 is 0 Å². The second kappa shape index (κ2) is 6.05. The topological polar surface area (TPSA) is 63.1 Å². The van der Waals surface area contributed by atoms with Crippen LogP contribution in [-0.2, 0) is 6.54 Å². The Hall–Kier alpha value is -3.15. The Morgan fingerprint density at radius 2 is 1.96 bits per heavy atom. The summed E-state index contributed by atoms with van der Waals surface area (Å²) in [5.41, 5.74) is 6.19. The summed E-state index contributed by atoms with van der Waals surface area (Å²) in [5.74, 6) is -0.383. The Kier molecular flexibility index (Phi) is 3.72. The van der Waals surface area contributed by atoms with Gasteiger partial charge in [0.15, 0.2) is 5.82 Å². The molecule has 3 aromatic rings. The molecule has 0 unspecified atom stereocenters. The molecule has 3 aromatic heterocycles. The third kappa shape index (κ3) is 2.87. The number of pyridine rings is 3. The van der Waals surface area contributed by atoms with E-state index in [-0.39, 0.29) is 11.5 Å². The van der Waals surface area contributed by atoms with Crippen LogP contribution in [0.15, 0.2) is 41.7 Å². The lowest BCUT2D eigenvalue weighted by Crippen LogP contribution is -2.01. The van der Waals surface area contributed by atoms with Gasteiger partial charge in [-0.25, -0.2) is 9.37 Å². The van der Waals surface area contributed by atoms with Gasteiger partial charge in [-0.3, -0.25) is 15.0 Å². The molecule has 0 amide bonds. The number of aryl methyl sites for hydroxylation is 2. The van der Waals surface area contributed by atoms with Gasteiger partial charge in [-0.1, -0.05) is 0 Å². The van der Waals surface area contributed by atoms with Gasteiger partial charge in [0.1, 0.15) is 5.69 Å². The molecule has 0 aliphatic carbocycles. The molecule has 0 radical (unpaired) electrons. The van der Waals surface area contributed by atoms with Crippen molar-refractivity contribution in [3.05, 3.63) is 65.0 Å². The fourth-order valence-corrected chi connectivity index (χ4v) is 2.78. The van der Waals surface area contributed by atoms with Gasteiger partial charge in [0, 0.05) is 41.2 Å². The molecule has 124 valence electrons. The van der Waals surface area contributed by atoms with Crippen LogP contribution in [0.5, 0.6) is 0 Å². The quantitative estimate of drug-likeness (QED) is 0.788. The highest BCUT2D eigenvalue weighted by Gasteiger charge is 2.15. The standard InChI is InChI=1S/C19H16FN5/c1-11-8-23-17(19-14(20)4-3-12(2)24-19)7-16(11)25-15-5-6-22-18-10-21-9-13(15)18/h3-8,10H,9H2,1-2H3,(H,22,23,25). The van der Waals surface area contributed by atoms with Crippen LogP contribution in [0, 0.1) is 19.7 Å². The number of nitrogens with zero attached hydrogens (tertiary/aromatic N) is 4. The molecular formula is C19H16FN5. The minimum absolute atomic E-state index is 0.256. The van der Waals surface area contributed by atoms with Crippen molar-refractivity contribution in [2.45, 2.75) is 20.4 Å². The Balaban J connectivity index is 1.74. The van der Waals surface area contributed by atoms with E-state index in [0.717, 1.165) is 33.9 Å². The van der Waals surface area contributed by atoms with E-state index in [2.05, 4.69) is 25.3 Å². The van der Waals surface area contributed by atoms with E-state index in [0.29, 0.717) is 12.2 Å². The highest BCUT2D eigenvalue weighted by atomic mass is 19.1. The summed E-state index contributed by atoms with van der Waals surface area (Å²) >= 11 is 0. The molecule has 1 aliphatic rings. The number of aliphatic imine (C=N–C) groups is 1. The molecule has 0 saturated heterocycles. The number of hydrogen-bond donors (Lipinski definition) is 1. The van der Waals surface area contributed by atoms with Gasteiger partial charge in [-0.05, 0) is 43.7 Å². The monoisotopic (exact) mass is 333 g/mol. The van der Waals surface area contributed by atoms with E-state index in [4.69, 9.17) is 0 Å². The maximum atomic E-state index is 14.1. The van der Waals surface area contributed by atoms with E-state index in [1.807, 2.05) is 26.0 Å². The van der Waals surface area contributed by atoms with E-state index < -0.39 is 0 Å². The lowest BCUT2D eigenvalue weighted by Gasteiger charge is -2.14. The third-order valence-electron chi connectivity index (χ3n) is 4.15. The zero-order valence-electron chi connectivity index (χ0n) is 13.9. The van der Waals surface area contributed by atoms with Crippen molar-refractivity contribution in [2.75, 3.05) is 5.32 Å². The van der Waals surface area contributed by atoms with Crippen LogP contribution in [0.4, 0.5) is 15.8 Å². The first-order valence-electron chi connectivity index (χ1n) is 7.97. The summed E-state index contributed by atoms with van der Waals surface area (Å²) < 4.78 is 14.1. The van der Waals surface area contributed by atoms with Gasteiger partial charge in [0.05, 0.1) is 17.9 Å². The first-order valence-corrected chi connectivity index (χ1v) is 7.97. The van der Waals surface area contributed by atoms with E-state index in [1.54, 1.807) is 24.7 Å². The first kappa shape index (κ1) is 15.4. The van der Waals surface area contributed by atoms with Gasteiger partial charge < -0.3 is 5.32 Å². The highest BCUT2D eigenvalue weighted by molar-refractivity contribution is 5.86. The van der Waals surface area contributed by atoms with Crippen LogP contribution >= 0.6 is 0 Å². The van der Waals surface area contributed by atoms with Crippen molar-refractivity contribution in [1.29, 1.82) is 0 Å². The van der Waals surface area contributed by atoms with Gasteiger partial charge in [0.2, 0.25) is 0 Å². The van der Waals surface area contributed by atoms with Crippen molar-refractivity contribution in [3.63, 3.8) is 0 Å². The van der Waals surface area contributed by atoms with Crippen molar-refractivity contribution in [1.82, 2.24) is 15.0 Å². The van der Waals surface area contributed by atoms with E-state index >= 15 is 0 Å². The van der Waals surface area contributed by atoms with E-state index in [9.17, 15) is 4.39 Å². The largest absolute Gasteiger partial charge is 0.355 e. The van der Waals surface area contributed by atoms with Crippen LogP contribution in [0.2, 0.25) is 0 Å². The molecule has 1 N–H and O–H groups in total. The lowest BCUT2D eigenvalue weighted by atomic mass is 10.1. The molecule has 0 bridgehead atoms. The number of anilines is 2.